The van der Waals surface area contributed by atoms with Crippen LogP contribution in [0.15, 0.2) is 6.07 Å². The van der Waals surface area contributed by atoms with Crippen LogP contribution >= 0.6 is 11.3 Å². The number of nitrogens with zero attached hydrogens (tertiary/aromatic N) is 2. The highest BCUT2D eigenvalue weighted by Crippen LogP contribution is 2.33. The largest absolute Gasteiger partial charge is 0.474 e. The Hall–Kier alpha value is -1.36. The zero-order valence-electron chi connectivity index (χ0n) is 12.1. The SMILES string of the molecule is CCNc1nc(OC2CCCCC2)c2cc(C)sc2n1. The molecule has 4 nitrogen and oxygen atoms in total. The molecule has 2 aromatic heterocycles. The van der Waals surface area contributed by atoms with Crippen LogP contribution in [-0.4, -0.2) is 22.6 Å². The van der Waals surface area contributed by atoms with E-state index in [0.717, 1.165) is 35.5 Å². The molecule has 1 fully saturated rings. The van der Waals surface area contributed by atoms with E-state index in [4.69, 9.17) is 4.74 Å². The lowest BCUT2D eigenvalue weighted by Crippen LogP contribution is -2.20. The summed E-state index contributed by atoms with van der Waals surface area (Å²) in [5.74, 6) is 1.43. The summed E-state index contributed by atoms with van der Waals surface area (Å²) in [4.78, 5) is 11.4. The van der Waals surface area contributed by atoms with Crippen molar-refractivity contribution in [1.29, 1.82) is 0 Å². The van der Waals surface area contributed by atoms with Crippen LogP contribution in [0.3, 0.4) is 0 Å². The number of ether oxygens (including phenoxy) is 1. The zero-order chi connectivity index (χ0) is 13.9. The molecular weight excluding hydrogens is 270 g/mol. The van der Waals surface area contributed by atoms with Crippen LogP contribution in [0.4, 0.5) is 5.95 Å². The molecule has 0 unspecified atom stereocenters. The summed E-state index contributed by atoms with van der Waals surface area (Å²) in [6, 6.07) is 2.13. The number of hydrogen-bond donors (Lipinski definition) is 1. The molecule has 0 saturated heterocycles. The fourth-order valence-corrected chi connectivity index (χ4v) is 3.55. The molecular formula is C15H21N3OS. The van der Waals surface area contributed by atoms with Gasteiger partial charge in [-0.05, 0) is 45.6 Å². The van der Waals surface area contributed by atoms with Gasteiger partial charge in [0, 0.05) is 11.4 Å². The van der Waals surface area contributed by atoms with Crippen LogP contribution in [0.5, 0.6) is 5.88 Å². The number of aromatic nitrogens is 2. The van der Waals surface area contributed by atoms with Gasteiger partial charge in [-0.3, -0.25) is 0 Å². The number of anilines is 1. The summed E-state index contributed by atoms with van der Waals surface area (Å²) >= 11 is 1.70. The predicted molar refractivity (Wildman–Crippen MR) is 83.8 cm³/mol. The molecule has 0 aliphatic heterocycles. The highest BCUT2D eigenvalue weighted by molar-refractivity contribution is 7.18. The monoisotopic (exact) mass is 291 g/mol. The second-order valence-corrected chi connectivity index (χ2v) is 6.57. The Morgan fingerprint density at radius 2 is 2.10 bits per heavy atom. The molecule has 0 bridgehead atoms. The molecule has 1 aliphatic rings. The van der Waals surface area contributed by atoms with E-state index in [1.807, 2.05) is 0 Å². The van der Waals surface area contributed by atoms with E-state index in [1.165, 1.54) is 24.1 Å². The van der Waals surface area contributed by atoms with Crippen molar-refractivity contribution in [1.82, 2.24) is 9.97 Å². The Labute approximate surface area is 123 Å². The lowest BCUT2D eigenvalue weighted by molar-refractivity contribution is 0.151. The van der Waals surface area contributed by atoms with E-state index < -0.39 is 0 Å². The molecule has 0 radical (unpaired) electrons. The first-order valence-electron chi connectivity index (χ1n) is 7.45. The Balaban J connectivity index is 1.93. The third kappa shape index (κ3) is 2.87. The number of nitrogens with one attached hydrogen (secondary N) is 1. The molecule has 1 saturated carbocycles. The van der Waals surface area contributed by atoms with E-state index in [0.29, 0.717) is 12.1 Å². The summed E-state index contributed by atoms with van der Waals surface area (Å²) < 4.78 is 6.18. The van der Waals surface area contributed by atoms with Gasteiger partial charge < -0.3 is 10.1 Å². The topological polar surface area (TPSA) is 47.0 Å². The van der Waals surface area contributed by atoms with Crippen molar-refractivity contribution in [2.24, 2.45) is 0 Å². The van der Waals surface area contributed by atoms with Gasteiger partial charge in [0.1, 0.15) is 10.9 Å². The van der Waals surface area contributed by atoms with Gasteiger partial charge in [-0.25, -0.2) is 4.98 Å². The maximum absolute atomic E-state index is 6.18. The Morgan fingerprint density at radius 1 is 1.30 bits per heavy atom. The van der Waals surface area contributed by atoms with E-state index in [1.54, 1.807) is 11.3 Å². The van der Waals surface area contributed by atoms with Crippen LogP contribution in [0.25, 0.3) is 10.2 Å². The quantitative estimate of drug-likeness (QED) is 0.919. The van der Waals surface area contributed by atoms with Gasteiger partial charge in [0.05, 0.1) is 5.39 Å². The molecule has 108 valence electrons. The van der Waals surface area contributed by atoms with Gasteiger partial charge in [-0.1, -0.05) is 6.42 Å². The maximum Gasteiger partial charge on any atom is 0.227 e. The summed E-state index contributed by atoms with van der Waals surface area (Å²) in [6.45, 7) is 4.97. The first-order chi connectivity index (χ1) is 9.76. The summed E-state index contributed by atoms with van der Waals surface area (Å²) in [5, 5.41) is 4.25. The van der Waals surface area contributed by atoms with Crippen molar-refractivity contribution >= 4 is 27.5 Å². The molecule has 1 aliphatic carbocycles. The molecule has 2 aromatic rings. The van der Waals surface area contributed by atoms with Crippen molar-refractivity contribution in [2.75, 3.05) is 11.9 Å². The fraction of sp³-hybridized carbons (Fsp3) is 0.600. The van der Waals surface area contributed by atoms with E-state index in [9.17, 15) is 0 Å². The third-order valence-corrected chi connectivity index (χ3v) is 4.59. The number of fused-ring (bicyclic) bond motifs is 1. The minimum Gasteiger partial charge on any atom is -0.474 e. The van der Waals surface area contributed by atoms with Gasteiger partial charge in [0.15, 0.2) is 0 Å². The van der Waals surface area contributed by atoms with E-state index in [-0.39, 0.29) is 0 Å². The van der Waals surface area contributed by atoms with Crippen molar-refractivity contribution in [3.05, 3.63) is 10.9 Å². The molecule has 0 amide bonds. The maximum atomic E-state index is 6.18. The van der Waals surface area contributed by atoms with Crippen LogP contribution in [0.2, 0.25) is 0 Å². The number of thiophene rings is 1. The van der Waals surface area contributed by atoms with Gasteiger partial charge in [0.25, 0.3) is 0 Å². The van der Waals surface area contributed by atoms with Crippen LogP contribution < -0.4 is 10.1 Å². The third-order valence-electron chi connectivity index (χ3n) is 3.65. The lowest BCUT2D eigenvalue weighted by atomic mass is 9.98. The Kier molecular flexibility index (Phi) is 4.05. The number of hydrogen-bond acceptors (Lipinski definition) is 5. The molecule has 2 heterocycles. The summed E-state index contributed by atoms with van der Waals surface area (Å²) in [7, 11) is 0. The second kappa shape index (κ2) is 5.95. The van der Waals surface area contributed by atoms with Gasteiger partial charge >= 0.3 is 0 Å². The highest BCUT2D eigenvalue weighted by atomic mass is 32.1. The van der Waals surface area contributed by atoms with Crippen molar-refractivity contribution in [2.45, 2.75) is 52.1 Å². The minimum atomic E-state index is 0.316. The summed E-state index contributed by atoms with van der Waals surface area (Å²) in [6.07, 6.45) is 6.47. The first-order valence-corrected chi connectivity index (χ1v) is 8.26. The molecule has 3 rings (SSSR count). The highest BCUT2D eigenvalue weighted by Gasteiger charge is 2.18. The molecule has 0 atom stereocenters. The Bertz CT molecular complexity index is 590. The van der Waals surface area contributed by atoms with Gasteiger partial charge in [-0.2, -0.15) is 4.98 Å². The standard InChI is InChI=1S/C15H21N3OS/c1-3-16-15-17-13(19-11-7-5-4-6-8-11)12-9-10(2)20-14(12)18-15/h9,11H,3-8H2,1-2H3,(H,16,17,18). The normalized spacial score (nSPS) is 16.5. The molecule has 20 heavy (non-hydrogen) atoms. The van der Waals surface area contributed by atoms with Crippen molar-refractivity contribution in [3.63, 3.8) is 0 Å². The lowest BCUT2D eigenvalue weighted by Gasteiger charge is -2.22. The van der Waals surface area contributed by atoms with E-state index in [2.05, 4.69) is 35.2 Å². The first kappa shape index (κ1) is 13.6. The second-order valence-electron chi connectivity index (χ2n) is 5.34. The molecule has 5 heteroatoms. The number of aryl methyl sites for hydroxylation is 1. The van der Waals surface area contributed by atoms with Crippen LogP contribution in [0, 0.1) is 6.92 Å². The van der Waals surface area contributed by atoms with Crippen LogP contribution in [-0.2, 0) is 0 Å². The fourth-order valence-electron chi connectivity index (χ4n) is 2.68. The molecule has 1 N–H and O–H groups in total. The summed E-state index contributed by atoms with van der Waals surface area (Å²) in [5.41, 5.74) is 0. The average molecular weight is 291 g/mol. The molecule has 0 aromatic carbocycles. The smallest absolute Gasteiger partial charge is 0.227 e. The van der Waals surface area contributed by atoms with Gasteiger partial charge in [-0.15, -0.1) is 11.3 Å². The van der Waals surface area contributed by atoms with E-state index >= 15 is 0 Å². The van der Waals surface area contributed by atoms with Crippen LogP contribution in [0.1, 0.15) is 43.9 Å². The zero-order valence-corrected chi connectivity index (χ0v) is 12.9. The van der Waals surface area contributed by atoms with Crippen molar-refractivity contribution < 1.29 is 4.74 Å². The predicted octanol–water partition coefficient (Wildman–Crippen LogP) is 4.14. The Morgan fingerprint density at radius 3 is 2.85 bits per heavy atom. The van der Waals surface area contributed by atoms with Gasteiger partial charge in [0.2, 0.25) is 11.8 Å². The number of rotatable bonds is 4. The van der Waals surface area contributed by atoms with Crippen molar-refractivity contribution in [3.8, 4) is 5.88 Å². The average Bonchev–Trinajstić information content (AvgIpc) is 2.81. The minimum absolute atomic E-state index is 0.316. The molecule has 0 spiro atoms.